The number of hydrogen-bond acceptors (Lipinski definition) is 2. The second-order valence-corrected chi connectivity index (χ2v) is 14.8. The predicted octanol–water partition coefficient (Wildman–Crippen LogP) is 15.3. The average molecular weight is 727 g/mol. The summed E-state index contributed by atoms with van der Waals surface area (Å²) in [6.45, 7) is 0. The molecular formula is C54H34N2O. The minimum atomic E-state index is 0.882. The first-order chi connectivity index (χ1) is 28.3. The van der Waals surface area contributed by atoms with Gasteiger partial charge in [0.2, 0.25) is 0 Å². The van der Waals surface area contributed by atoms with E-state index in [4.69, 9.17) is 4.42 Å². The van der Waals surface area contributed by atoms with E-state index in [0.29, 0.717) is 0 Å². The van der Waals surface area contributed by atoms with Crippen molar-refractivity contribution in [1.82, 2.24) is 4.57 Å². The molecular weight excluding hydrogens is 693 g/mol. The van der Waals surface area contributed by atoms with Crippen LogP contribution in [-0.2, 0) is 0 Å². The molecule has 0 saturated heterocycles. The van der Waals surface area contributed by atoms with E-state index >= 15 is 0 Å². The van der Waals surface area contributed by atoms with Gasteiger partial charge in [-0.3, -0.25) is 0 Å². The number of fused-ring (bicyclic) bond motifs is 12. The molecule has 3 heteroatoms. The van der Waals surface area contributed by atoms with E-state index in [9.17, 15) is 0 Å². The number of nitrogens with zero attached hydrogens (tertiary/aromatic N) is 2. The lowest BCUT2D eigenvalue weighted by Crippen LogP contribution is -2.12. The van der Waals surface area contributed by atoms with Gasteiger partial charge in [-0.15, -0.1) is 0 Å². The van der Waals surface area contributed by atoms with Crippen molar-refractivity contribution >= 4 is 93.1 Å². The van der Waals surface area contributed by atoms with Crippen molar-refractivity contribution in [2.45, 2.75) is 0 Å². The first-order valence-corrected chi connectivity index (χ1v) is 19.5. The Balaban J connectivity index is 1.15. The molecule has 0 aliphatic carbocycles. The van der Waals surface area contributed by atoms with E-state index in [2.05, 4.69) is 210 Å². The van der Waals surface area contributed by atoms with Crippen LogP contribution in [0.25, 0.3) is 92.9 Å². The quantitative estimate of drug-likeness (QED) is 0.165. The van der Waals surface area contributed by atoms with E-state index in [1.165, 1.54) is 54.1 Å². The molecule has 0 N–H and O–H groups in total. The largest absolute Gasteiger partial charge is 0.456 e. The molecule has 2 aromatic heterocycles. The Morgan fingerprint density at radius 1 is 0.333 bits per heavy atom. The molecule has 2 heterocycles. The number of benzene rings is 10. The Bertz CT molecular complexity index is 3460. The summed E-state index contributed by atoms with van der Waals surface area (Å²) < 4.78 is 8.82. The number of furan rings is 1. The van der Waals surface area contributed by atoms with Crippen LogP contribution in [0.1, 0.15) is 0 Å². The third-order valence-electron chi connectivity index (χ3n) is 11.7. The summed E-state index contributed by atoms with van der Waals surface area (Å²) >= 11 is 0. The molecule has 0 amide bonds. The van der Waals surface area contributed by atoms with Crippen LogP contribution < -0.4 is 4.90 Å². The first-order valence-electron chi connectivity index (χ1n) is 19.5. The number of anilines is 3. The fourth-order valence-corrected chi connectivity index (χ4v) is 9.33. The van der Waals surface area contributed by atoms with Crippen LogP contribution in [0.15, 0.2) is 211 Å². The molecule has 0 bridgehead atoms. The third-order valence-corrected chi connectivity index (χ3v) is 11.7. The molecule has 0 aliphatic rings. The average Bonchev–Trinajstić information content (AvgIpc) is 3.83. The summed E-state index contributed by atoms with van der Waals surface area (Å²) in [5.41, 5.74) is 10.7. The minimum Gasteiger partial charge on any atom is -0.456 e. The summed E-state index contributed by atoms with van der Waals surface area (Å²) in [6.07, 6.45) is 0. The van der Waals surface area contributed by atoms with Crippen molar-refractivity contribution in [1.29, 1.82) is 0 Å². The predicted molar refractivity (Wildman–Crippen MR) is 241 cm³/mol. The van der Waals surface area contributed by atoms with Crippen LogP contribution in [0.3, 0.4) is 0 Å². The lowest BCUT2D eigenvalue weighted by Gasteiger charge is -2.29. The van der Waals surface area contributed by atoms with Crippen LogP contribution in [0.2, 0.25) is 0 Å². The molecule has 0 atom stereocenters. The Kier molecular flexibility index (Phi) is 6.93. The zero-order valence-corrected chi connectivity index (χ0v) is 30.9. The highest BCUT2D eigenvalue weighted by molar-refractivity contribution is 6.26. The molecule has 3 nitrogen and oxygen atoms in total. The molecule has 0 fully saturated rings. The fraction of sp³-hybridized carbons (Fsp3) is 0. The maximum absolute atomic E-state index is 6.42. The molecule has 57 heavy (non-hydrogen) atoms. The minimum absolute atomic E-state index is 0.882. The lowest BCUT2D eigenvalue weighted by atomic mass is 9.93. The van der Waals surface area contributed by atoms with Crippen molar-refractivity contribution in [3.05, 3.63) is 206 Å². The second-order valence-electron chi connectivity index (χ2n) is 14.8. The van der Waals surface area contributed by atoms with E-state index in [1.807, 2.05) is 6.07 Å². The zero-order chi connectivity index (χ0) is 37.5. The van der Waals surface area contributed by atoms with Gasteiger partial charge >= 0.3 is 0 Å². The Morgan fingerprint density at radius 3 is 1.56 bits per heavy atom. The van der Waals surface area contributed by atoms with Crippen LogP contribution in [0.4, 0.5) is 17.1 Å². The van der Waals surface area contributed by atoms with Crippen LogP contribution in [0, 0.1) is 0 Å². The van der Waals surface area contributed by atoms with Gasteiger partial charge in [0.25, 0.3) is 0 Å². The summed E-state index contributed by atoms with van der Waals surface area (Å²) in [5.74, 6) is 0. The summed E-state index contributed by atoms with van der Waals surface area (Å²) in [7, 11) is 0. The number of hydrogen-bond donors (Lipinski definition) is 0. The monoisotopic (exact) mass is 726 g/mol. The Morgan fingerprint density at radius 2 is 0.842 bits per heavy atom. The third kappa shape index (κ3) is 4.79. The SMILES string of the molecule is c1cc(N(c2ccc3c4ccccc4c4ccccc4c3c2)c2ccccc2-c2cccc3oc4ccccc4c23)cc(-n2c3ccccc3c3ccccc32)c1. The highest BCUT2D eigenvalue weighted by atomic mass is 16.3. The van der Waals surface area contributed by atoms with Gasteiger partial charge in [-0.05, 0) is 98.5 Å². The standard InChI is InChI=1S/C54H34N2O/c1-2-19-40-38(17-1)39-18-3-4-20-41(39)48-34-37(31-32-42(40)48)55(35-15-13-16-36(33-35)56-50-27-10-5-21-43(50)44-22-6-11-28-51(44)56)49-26-9-7-23-45(49)46-25-14-30-53-54(46)47-24-8-12-29-52(47)57-53/h1-34H. The molecule has 0 radical (unpaired) electrons. The number of para-hydroxylation sites is 4. The van der Waals surface area contributed by atoms with E-state index in [1.54, 1.807) is 0 Å². The molecule has 0 saturated carbocycles. The van der Waals surface area contributed by atoms with E-state index < -0.39 is 0 Å². The summed E-state index contributed by atoms with van der Waals surface area (Å²) in [4.78, 5) is 2.44. The van der Waals surface area contributed by atoms with Crippen molar-refractivity contribution in [3.63, 3.8) is 0 Å². The topological polar surface area (TPSA) is 21.3 Å². The normalized spacial score (nSPS) is 11.9. The number of aromatic nitrogens is 1. The van der Waals surface area contributed by atoms with Crippen LogP contribution in [0.5, 0.6) is 0 Å². The van der Waals surface area contributed by atoms with Crippen molar-refractivity contribution < 1.29 is 4.42 Å². The van der Waals surface area contributed by atoms with Gasteiger partial charge in [-0.2, -0.15) is 0 Å². The van der Waals surface area contributed by atoms with Gasteiger partial charge < -0.3 is 13.9 Å². The molecule has 0 aliphatic heterocycles. The summed E-state index contributed by atoms with van der Waals surface area (Å²) in [5, 5.41) is 12.2. The molecule has 0 spiro atoms. The highest BCUT2D eigenvalue weighted by Crippen LogP contribution is 2.47. The van der Waals surface area contributed by atoms with Gasteiger partial charge in [0.1, 0.15) is 11.2 Å². The fourth-order valence-electron chi connectivity index (χ4n) is 9.33. The van der Waals surface area contributed by atoms with Gasteiger partial charge in [0, 0.05) is 44.2 Å². The van der Waals surface area contributed by atoms with Crippen molar-refractivity contribution in [2.75, 3.05) is 4.90 Å². The van der Waals surface area contributed by atoms with Gasteiger partial charge in [0.15, 0.2) is 0 Å². The smallest absolute Gasteiger partial charge is 0.136 e. The maximum Gasteiger partial charge on any atom is 0.136 e. The van der Waals surface area contributed by atoms with Gasteiger partial charge in [-0.1, -0.05) is 146 Å². The molecule has 12 rings (SSSR count). The molecule has 266 valence electrons. The van der Waals surface area contributed by atoms with Crippen LogP contribution in [-0.4, -0.2) is 4.57 Å². The maximum atomic E-state index is 6.42. The highest BCUT2D eigenvalue weighted by Gasteiger charge is 2.22. The molecule has 0 unspecified atom stereocenters. The van der Waals surface area contributed by atoms with Crippen molar-refractivity contribution in [3.8, 4) is 16.8 Å². The zero-order valence-electron chi connectivity index (χ0n) is 30.9. The molecule has 12 aromatic rings. The van der Waals surface area contributed by atoms with Crippen LogP contribution >= 0.6 is 0 Å². The van der Waals surface area contributed by atoms with E-state index in [-0.39, 0.29) is 0 Å². The van der Waals surface area contributed by atoms with Gasteiger partial charge in [-0.25, -0.2) is 0 Å². The first kappa shape index (κ1) is 31.7. The molecule has 10 aromatic carbocycles. The Labute approximate surface area is 328 Å². The summed E-state index contributed by atoms with van der Waals surface area (Å²) in [6, 6.07) is 74.6. The Hall–Kier alpha value is -7.62. The lowest BCUT2D eigenvalue weighted by molar-refractivity contribution is 0.669. The van der Waals surface area contributed by atoms with Gasteiger partial charge in [0.05, 0.1) is 16.7 Å². The van der Waals surface area contributed by atoms with Crippen molar-refractivity contribution in [2.24, 2.45) is 0 Å². The second kappa shape index (κ2) is 12.5. The number of rotatable bonds is 5. The van der Waals surface area contributed by atoms with E-state index in [0.717, 1.165) is 55.8 Å².